The summed E-state index contributed by atoms with van der Waals surface area (Å²) < 4.78 is 24.9. The van der Waals surface area contributed by atoms with E-state index >= 15 is 0 Å². The van der Waals surface area contributed by atoms with Gasteiger partial charge >= 0.3 is 11.9 Å². The SMILES string of the molecule is CCOC(=O)c1sc(N2C(=O)C(=O)C(=C(O)c3ccc(OCc4ccccc4)cc3C)[C@H]2c2ccc(F)cc2)nc1C. The Hall–Kier alpha value is -4.83. The van der Waals surface area contributed by atoms with E-state index in [1.807, 2.05) is 30.3 Å². The predicted molar refractivity (Wildman–Crippen MR) is 156 cm³/mol. The fourth-order valence-corrected chi connectivity index (χ4v) is 5.73. The largest absolute Gasteiger partial charge is 0.507 e. The molecule has 1 aliphatic rings. The van der Waals surface area contributed by atoms with Crippen LogP contribution in [-0.4, -0.2) is 34.4 Å². The Labute approximate surface area is 245 Å². The maximum Gasteiger partial charge on any atom is 0.350 e. The first-order valence-corrected chi connectivity index (χ1v) is 14.0. The van der Waals surface area contributed by atoms with E-state index in [9.17, 15) is 23.9 Å². The molecule has 1 amide bonds. The molecule has 10 heteroatoms. The number of thiazole rings is 1. The Kier molecular flexibility index (Phi) is 8.17. The second-order valence-electron chi connectivity index (χ2n) is 9.60. The van der Waals surface area contributed by atoms with Gasteiger partial charge in [0.2, 0.25) is 0 Å². The fourth-order valence-electron chi connectivity index (χ4n) is 4.74. The molecule has 8 nitrogen and oxygen atoms in total. The zero-order valence-electron chi connectivity index (χ0n) is 23.1. The Balaban J connectivity index is 1.57. The second kappa shape index (κ2) is 12.0. The Morgan fingerprint density at radius 1 is 1.05 bits per heavy atom. The van der Waals surface area contributed by atoms with Gasteiger partial charge in [-0.05, 0) is 67.8 Å². The molecule has 1 atom stereocenters. The number of esters is 1. The lowest BCUT2D eigenvalue weighted by Gasteiger charge is -2.23. The highest BCUT2D eigenvalue weighted by Crippen LogP contribution is 2.44. The fraction of sp³-hybridized carbons (Fsp3) is 0.188. The molecule has 214 valence electrons. The Bertz CT molecular complexity index is 1700. The van der Waals surface area contributed by atoms with Gasteiger partial charge in [-0.2, -0.15) is 0 Å². The third-order valence-corrected chi connectivity index (χ3v) is 7.92. The minimum absolute atomic E-state index is 0.0763. The lowest BCUT2D eigenvalue weighted by atomic mass is 9.94. The van der Waals surface area contributed by atoms with Crippen molar-refractivity contribution < 1.29 is 33.4 Å². The number of hydrogen-bond donors (Lipinski definition) is 1. The summed E-state index contributed by atoms with van der Waals surface area (Å²) in [5.74, 6) is -2.80. The number of carbonyl (C=O) groups excluding carboxylic acids is 3. The maximum atomic E-state index is 13.9. The van der Waals surface area contributed by atoms with Crippen molar-refractivity contribution in [1.29, 1.82) is 0 Å². The van der Waals surface area contributed by atoms with E-state index in [4.69, 9.17) is 9.47 Å². The number of amides is 1. The number of Topliss-reactive ketones (excluding diaryl/α,β-unsaturated/α-hetero) is 1. The average molecular weight is 587 g/mol. The van der Waals surface area contributed by atoms with Gasteiger partial charge in [-0.1, -0.05) is 53.8 Å². The van der Waals surface area contributed by atoms with Crippen LogP contribution in [-0.2, 0) is 20.9 Å². The van der Waals surface area contributed by atoms with Crippen molar-refractivity contribution in [3.8, 4) is 5.75 Å². The number of anilines is 1. The molecule has 1 saturated heterocycles. The van der Waals surface area contributed by atoms with Crippen LogP contribution in [0, 0.1) is 19.7 Å². The first kappa shape index (κ1) is 28.7. The molecule has 5 rings (SSSR count). The van der Waals surface area contributed by atoms with E-state index < -0.39 is 35.3 Å². The van der Waals surface area contributed by atoms with Crippen LogP contribution >= 0.6 is 11.3 Å². The number of benzene rings is 3. The quantitative estimate of drug-likeness (QED) is 0.112. The van der Waals surface area contributed by atoms with Crippen LogP contribution in [0.1, 0.15) is 50.6 Å². The van der Waals surface area contributed by atoms with Crippen molar-refractivity contribution in [3.05, 3.63) is 117 Å². The molecule has 0 bridgehead atoms. The van der Waals surface area contributed by atoms with Crippen LogP contribution in [0.2, 0.25) is 0 Å². The number of aryl methyl sites for hydroxylation is 2. The number of carbonyl (C=O) groups is 3. The summed E-state index contributed by atoms with van der Waals surface area (Å²) in [4.78, 5) is 45.1. The van der Waals surface area contributed by atoms with Crippen LogP contribution in [0.5, 0.6) is 5.75 Å². The van der Waals surface area contributed by atoms with Crippen LogP contribution in [0.25, 0.3) is 5.76 Å². The molecular weight excluding hydrogens is 559 g/mol. The lowest BCUT2D eigenvalue weighted by molar-refractivity contribution is -0.132. The third-order valence-electron chi connectivity index (χ3n) is 6.78. The van der Waals surface area contributed by atoms with Crippen LogP contribution in [0.15, 0.2) is 78.4 Å². The van der Waals surface area contributed by atoms with Gasteiger partial charge in [0.05, 0.1) is 23.9 Å². The summed E-state index contributed by atoms with van der Waals surface area (Å²) in [5, 5.41) is 11.6. The van der Waals surface area contributed by atoms with E-state index in [-0.39, 0.29) is 22.2 Å². The molecule has 3 aromatic carbocycles. The first-order valence-electron chi connectivity index (χ1n) is 13.2. The van der Waals surface area contributed by atoms with Crippen molar-refractivity contribution in [1.82, 2.24) is 4.98 Å². The molecule has 1 fully saturated rings. The van der Waals surface area contributed by atoms with E-state index in [0.717, 1.165) is 21.8 Å². The zero-order valence-corrected chi connectivity index (χ0v) is 23.9. The van der Waals surface area contributed by atoms with E-state index in [0.29, 0.717) is 34.7 Å². The number of nitrogens with zero attached hydrogens (tertiary/aromatic N) is 2. The predicted octanol–water partition coefficient (Wildman–Crippen LogP) is 6.28. The first-order chi connectivity index (χ1) is 20.2. The minimum Gasteiger partial charge on any atom is -0.507 e. The van der Waals surface area contributed by atoms with Gasteiger partial charge in [-0.3, -0.25) is 14.5 Å². The number of ketones is 1. The van der Waals surface area contributed by atoms with Crippen molar-refractivity contribution in [2.24, 2.45) is 0 Å². The topological polar surface area (TPSA) is 106 Å². The van der Waals surface area contributed by atoms with Crippen molar-refractivity contribution in [3.63, 3.8) is 0 Å². The van der Waals surface area contributed by atoms with Crippen molar-refractivity contribution in [2.75, 3.05) is 11.5 Å². The van der Waals surface area contributed by atoms with Crippen LogP contribution in [0.4, 0.5) is 9.52 Å². The highest BCUT2D eigenvalue weighted by Gasteiger charge is 2.48. The van der Waals surface area contributed by atoms with Gasteiger partial charge in [0.15, 0.2) is 5.13 Å². The zero-order chi connectivity index (χ0) is 30.0. The molecule has 0 aliphatic carbocycles. The van der Waals surface area contributed by atoms with Gasteiger partial charge < -0.3 is 14.6 Å². The number of aliphatic hydroxyl groups is 1. The summed E-state index contributed by atoms with van der Waals surface area (Å²) in [5.41, 5.74) is 2.45. The summed E-state index contributed by atoms with van der Waals surface area (Å²) >= 11 is 0.903. The normalized spacial score (nSPS) is 16.1. The third kappa shape index (κ3) is 5.53. The summed E-state index contributed by atoms with van der Waals surface area (Å²) in [6, 6.07) is 18.8. The van der Waals surface area contributed by atoms with Gasteiger partial charge in [0.25, 0.3) is 5.78 Å². The van der Waals surface area contributed by atoms with Crippen LogP contribution in [0.3, 0.4) is 0 Å². The standard InChI is InChI=1S/C32H27FN2O6S/c1-4-40-31(39)29-19(3)34-32(42-29)35-26(21-10-12-22(33)13-11-21)25(28(37)30(35)38)27(36)24-15-14-23(16-18(24)2)41-17-20-8-6-5-7-9-20/h5-16,26,36H,4,17H2,1-3H3/t26-/m1/s1. The Morgan fingerprint density at radius 3 is 2.43 bits per heavy atom. The van der Waals surface area contributed by atoms with Crippen molar-refractivity contribution >= 4 is 39.9 Å². The Morgan fingerprint density at radius 2 is 1.76 bits per heavy atom. The summed E-state index contributed by atoms with van der Waals surface area (Å²) in [6.45, 7) is 5.53. The molecule has 1 aromatic heterocycles. The maximum absolute atomic E-state index is 13.9. The molecule has 1 aliphatic heterocycles. The summed E-state index contributed by atoms with van der Waals surface area (Å²) in [6.07, 6.45) is 0. The van der Waals surface area contributed by atoms with E-state index in [2.05, 4.69) is 4.98 Å². The lowest BCUT2D eigenvalue weighted by Crippen LogP contribution is -2.29. The number of aromatic nitrogens is 1. The molecule has 4 aromatic rings. The number of halogens is 1. The second-order valence-corrected chi connectivity index (χ2v) is 10.6. The molecule has 0 unspecified atom stereocenters. The van der Waals surface area contributed by atoms with Gasteiger partial charge in [0, 0.05) is 5.56 Å². The molecule has 1 N–H and O–H groups in total. The van der Waals surface area contributed by atoms with Crippen LogP contribution < -0.4 is 9.64 Å². The molecule has 2 heterocycles. The number of ether oxygens (including phenoxy) is 2. The van der Waals surface area contributed by atoms with Gasteiger partial charge in [-0.25, -0.2) is 14.2 Å². The highest BCUT2D eigenvalue weighted by atomic mass is 32.1. The monoisotopic (exact) mass is 586 g/mol. The molecule has 0 radical (unpaired) electrons. The highest BCUT2D eigenvalue weighted by molar-refractivity contribution is 7.17. The number of rotatable bonds is 8. The van der Waals surface area contributed by atoms with Crippen molar-refractivity contribution in [2.45, 2.75) is 33.4 Å². The average Bonchev–Trinajstić information content (AvgIpc) is 3.49. The number of aliphatic hydroxyl groups excluding tert-OH is 1. The number of hydrogen-bond acceptors (Lipinski definition) is 8. The summed E-state index contributed by atoms with van der Waals surface area (Å²) in [7, 11) is 0. The van der Waals surface area contributed by atoms with Gasteiger partial charge in [0.1, 0.15) is 28.8 Å². The molecule has 42 heavy (non-hydrogen) atoms. The van der Waals surface area contributed by atoms with E-state index in [1.165, 1.54) is 24.3 Å². The smallest absolute Gasteiger partial charge is 0.350 e. The van der Waals surface area contributed by atoms with E-state index in [1.54, 1.807) is 39.0 Å². The molecule has 0 saturated carbocycles. The van der Waals surface area contributed by atoms with Gasteiger partial charge in [-0.15, -0.1) is 0 Å². The minimum atomic E-state index is -1.13. The molecule has 0 spiro atoms. The molecular formula is C32H27FN2O6S.